The van der Waals surface area contributed by atoms with Crippen LogP contribution >= 0.6 is 0 Å². The topological polar surface area (TPSA) is 17.1 Å². The van der Waals surface area contributed by atoms with Gasteiger partial charge in [0.1, 0.15) is 0 Å². The van der Waals surface area contributed by atoms with Crippen molar-refractivity contribution in [1.29, 1.82) is 0 Å². The molecule has 0 bridgehead atoms. The standard InChI is InChI=1S/C20H22O/c1-15-4-2-5-16(14-15)8-13-20(21)19-11-9-18(10-12-19)17-6-3-7-17/h2,4-5,9-12,14,17H,3,6-8,13H2,1H3. The summed E-state index contributed by atoms with van der Waals surface area (Å²) in [6, 6.07) is 16.7. The predicted octanol–water partition coefficient (Wildman–Crippen LogP) is 5.08. The van der Waals surface area contributed by atoms with Gasteiger partial charge in [-0.3, -0.25) is 4.79 Å². The maximum absolute atomic E-state index is 12.3. The van der Waals surface area contributed by atoms with Gasteiger partial charge in [0, 0.05) is 12.0 Å². The van der Waals surface area contributed by atoms with Crippen molar-refractivity contribution in [3.8, 4) is 0 Å². The zero-order chi connectivity index (χ0) is 14.7. The van der Waals surface area contributed by atoms with Crippen molar-refractivity contribution < 1.29 is 4.79 Å². The molecule has 2 aromatic rings. The van der Waals surface area contributed by atoms with Crippen LogP contribution in [-0.2, 0) is 6.42 Å². The van der Waals surface area contributed by atoms with E-state index in [1.165, 1.54) is 36.0 Å². The van der Waals surface area contributed by atoms with Crippen LogP contribution in [0.5, 0.6) is 0 Å². The summed E-state index contributed by atoms with van der Waals surface area (Å²) in [5.41, 5.74) is 4.75. The Hall–Kier alpha value is -1.89. The lowest BCUT2D eigenvalue weighted by Crippen LogP contribution is -2.09. The van der Waals surface area contributed by atoms with E-state index in [0.29, 0.717) is 6.42 Å². The Morgan fingerprint density at radius 3 is 2.48 bits per heavy atom. The minimum Gasteiger partial charge on any atom is -0.294 e. The molecule has 0 heterocycles. The van der Waals surface area contributed by atoms with E-state index in [4.69, 9.17) is 0 Å². The average Bonchev–Trinajstić information content (AvgIpc) is 2.44. The minimum absolute atomic E-state index is 0.247. The molecule has 0 amide bonds. The summed E-state index contributed by atoms with van der Waals surface area (Å²) in [7, 11) is 0. The van der Waals surface area contributed by atoms with Crippen LogP contribution in [0.15, 0.2) is 48.5 Å². The summed E-state index contributed by atoms with van der Waals surface area (Å²) < 4.78 is 0. The lowest BCUT2D eigenvalue weighted by Gasteiger charge is -2.25. The SMILES string of the molecule is Cc1cccc(CCC(=O)c2ccc(C3CCC3)cc2)c1. The fourth-order valence-corrected chi connectivity index (χ4v) is 2.95. The summed E-state index contributed by atoms with van der Waals surface area (Å²) in [5.74, 6) is 0.984. The van der Waals surface area contributed by atoms with Crippen LogP contribution in [0.1, 0.15) is 58.6 Å². The van der Waals surface area contributed by atoms with Crippen LogP contribution < -0.4 is 0 Å². The third kappa shape index (κ3) is 3.41. The second-order valence-electron chi connectivity index (χ2n) is 6.16. The van der Waals surface area contributed by atoms with E-state index in [9.17, 15) is 4.79 Å². The Balaban J connectivity index is 1.59. The van der Waals surface area contributed by atoms with E-state index < -0.39 is 0 Å². The van der Waals surface area contributed by atoms with Gasteiger partial charge in [-0.2, -0.15) is 0 Å². The van der Waals surface area contributed by atoms with Crippen molar-refractivity contribution in [1.82, 2.24) is 0 Å². The van der Waals surface area contributed by atoms with E-state index in [0.717, 1.165) is 17.9 Å². The molecule has 21 heavy (non-hydrogen) atoms. The number of ketones is 1. The summed E-state index contributed by atoms with van der Waals surface area (Å²) in [5, 5.41) is 0. The van der Waals surface area contributed by atoms with Gasteiger partial charge in [-0.15, -0.1) is 0 Å². The van der Waals surface area contributed by atoms with Crippen molar-refractivity contribution in [2.75, 3.05) is 0 Å². The molecule has 108 valence electrons. The predicted molar refractivity (Wildman–Crippen MR) is 86.9 cm³/mol. The van der Waals surface area contributed by atoms with Gasteiger partial charge in [0.2, 0.25) is 0 Å². The molecule has 1 nitrogen and oxygen atoms in total. The summed E-state index contributed by atoms with van der Waals surface area (Å²) in [6.45, 7) is 2.09. The van der Waals surface area contributed by atoms with Gasteiger partial charge in [-0.25, -0.2) is 0 Å². The van der Waals surface area contributed by atoms with Crippen molar-refractivity contribution >= 4 is 5.78 Å². The van der Waals surface area contributed by atoms with Crippen LogP contribution in [0.3, 0.4) is 0 Å². The third-order valence-corrected chi connectivity index (χ3v) is 4.53. The highest BCUT2D eigenvalue weighted by Gasteiger charge is 2.19. The number of Topliss-reactive ketones (excluding diaryl/α,β-unsaturated/α-hetero) is 1. The molecule has 0 unspecified atom stereocenters. The highest BCUT2D eigenvalue weighted by molar-refractivity contribution is 5.96. The first-order chi connectivity index (χ1) is 10.2. The number of rotatable bonds is 5. The largest absolute Gasteiger partial charge is 0.294 e. The summed E-state index contributed by atoms with van der Waals surface area (Å²) in [6.07, 6.45) is 5.38. The zero-order valence-corrected chi connectivity index (χ0v) is 12.6. The zero-order valence-electron chi connectivity index (χ0n) is 12.6. The molecular weight excluding hydrogens is 256 g/mol. The number of aryl methyl sites for hydroxylation is 2. The number of hydrogen-bond acceptors (Lipinski definition) is 1. The molecule has 0 aromatic heterocycles. The number of carbonyl (C=O) groups excluding carboxylic acids is 1. The van der Waals surface area contributed by atoms with E-state index in [1.807, 2.05) is 12.1 Å². The molecule has 0 aliphatic heterocycles. The molecule has 2 aromatic carbocycles. The van der Waals surface area contributed by atoms with Crippen LogP contribution in [0.25, 0.3) is 0 Å². The Morgan fingerprint density at radius 2 is 1.86 bits per heavy atom. The van der Waals surface area contributed by atoms with Crippen LogP contribution in [0.4, 0.5) is 0 Å². The normalized spacial score (nSPS) is 14.7. The molecule has 1 fully saturated rings. The highest BCUT2D eigenvalue weighted by atomic mass is 16.1. The first-order valence-electron chi connectivity index (χ1n) is 7.91. The van der Waals surface area contributed by atoms with Crippen molar-refractivity contribution in [3.63, 3.8) is 0 Å². The molecule has 1 aliphatic rings. The van der Waals surface area contributed by atoms with Gasteiger partial charge in [0.05, 0.1) is 0 Å². The molecule has 1 aliphatic carbocycles. The number of carbonyl (C=O) groups is 1. The Bertz CT molecular complexity index is 621. The second-order valence-corrected chi connectivity index (χ2v) is 6.16. The van der Waals surface area contributed by atoms with E-state index in [-0.39, 0.29) is 5.78 Å². The van der Waals surface area contributed by atoms with E-state index in [1.54, 1.807) is 0 Å². The fourth-order valence-electron chi connectivity index (χ4n) is 2.95. The molecule has 0 saturated heterocycles. The monoisotopic (exact) mass is 278 g/mol. The highest BCUT2D eigenvalue weighted by Crippen LogP contribution is 2.36. The number of benzene rings is 2. The lowest BCUT2D eigenvalue weighted by atomic mass is 9.80. The van der Waals surface area contributed by atoms with Gasteiger partial charge in [-0.1, -0.05) is 60.5 Å². The van der Waals surface area contributed by atoms with E-state index in [2.05, 4.69) is 43.3 Å². The van der Waals surface area contributed by atoms with Crippen molar-refractivity contribution in [2.45, 2.75) is 44.9 Å². The molecule has 1 saturated carbocycles. The Labute approximate surface area is 127 Å². The van der Waals surface area contributed by atoms with Crippen molar-refractivity contribution in [3.05, 3.63) is 70.8 Å². The van der Waals surface area contributed by atoms with E-state index >= 15 is 0 Å². The molecule has 0 atom stereocenters. The van der Waals surface area contributed by atoms with Gasteiger partial charge >= 0.3 is 0 Å². The molecular formula is C20H22O. The van der Waals surface area contributed by atoms with Gasteiger partial charge in [0.15, 0.2) is 5.78 Å². The quantitative estimate of drug-likeness (QED) is 0.697. The Morgan fingerprint density at radius 1 is 1.10 bits per heavy atom. The lowest BCUT2D eigenvalue weighted by molar-refractivity contribution is 0.0983. The first-order valence-corrected chi connectivity index (χ1v) is 7.91. The molecule has 3 rings (SSSR count). The van der Waals surface area contributed by atoms with Gasteiger partial charge in [-0.05, 0) is 43.2 Å². The smallest absolute Gasteiger partial charge is 0.163 e. The summed E-state index contributed by atoms with van der Waals surface area (Å²) in [4.78, 5) is 12.3. The van der Waals surface area contributed by atoms with Gasteiger partial charge < -0.3 is 0 Å². The second kappa shape index (κ2) is 6.26. The first kappa shape index (κ1) is 14.1. The molecule has 0 spiro atoms. The minimum atomic E-state index is 0.247. The van der Waals surface area contributed by atoms with Crippen LogP contribution in [0, 0.1) is 6.92 Å². The maximum atomic E-state index is 12.3. The summed E-state index contributed by atoms with van der Waals surface area (Å²) >= 11 is 0. The molecule has 1 heteroatoms. The average molecular weight is 278 g/mol. The fraction of sp³-hybridized carbons (Fsp3) is 0.350. The molecule has 0 radical (unpaired) electrons. The Kier molecular flexibility index (Phi) is 4.19. The number of hydrogen-bond donors (Lipinski definition) is 0. The van der Waals surface area contributed by atoms with Crippen LogP contribution in [0.2, 0.25) is 0 Å². The maximum Gasteiger partial charge on any atom is 0.163 e. The third-order valence-electron chi connectivity index (χ3n) is 4.53. The molecule has 0 N–H and O–H groups in total. The van der Waals surface area contributed by atoms with Crippen molar-refractivity contribution in [2.24, 2.45) is 0 Å². The van der Waals surface area contributed by atoms with Gasteiger partial charge in [0.25, 0.3) is 0 Å². The van der Waals surface area contributed by atoms with Crippen LogP contribution in [-0.4, -0.2) is 5.78 Å².